The summed E-state index contributed by atoms with van der Waals surface area (Å²) >= 11 is 0. The number of anilines is 1. The summed E-state index contributed by atoms with van der Waals surface area (Å²) in [7, 11) is 1.65. The van der Waals surface area contributed by atoms with E-state index in [9.17, 15) is 4.79 Å². The van der Waals surface area contributed by atoms with Crippen molar-refractivity contribution in [3.8, 4) is 5.75 Å². The lowest BCUT2D eigenvalue weighted by Gasteiger charge is -2.12. The van der Waals surface area contributed by atoms with Gasteiger partial charge in [0.2, 0.25) is 5.95 Å². The standard InChI is InChI=1S/C18H22N4O2/c1-24-16-9-5-2-6-13(16)10-19-18-20-11-14(12-21-18)17(23)22-15-7-3-4-8-15/h2,5-6,9,11-12,15H,3-4,7-8,10H2,1H3,(H,22,23)(H,19,20,21). The van der Waals surface area contributed by atoms with E-state index >= 15 is 0 Å². The lowest BCUT2D eigenvalue weighted by Crippen LogP contribution is -2.32. The minimum Gasteiger partial charge on any atom is -0.496 e. The Morgan fingerprint density at radius 2 is 1.92 bits per heavy atom. The van der Waals surface area contributed by atoms with E-state index in [4.69, 9.17) is 4.74 Å². The van der Waals surface area contributed by atoms with Crippen molar-refractivity contribution in [2.75, 3.05) is 12.4 Å². The predicted molar refractivity (Wildman–Crippen MR) is 92.1 cm³/mol. The van der Waals surface area contributed by atoms with Crippen LogP contribution in [0.15, 0.2) is 36.7 Å². The Morgan fingerprint density at radius 3 is 2.62 bits per heavy atom. The van der Waals surface area contributed by atoms with Gasteiger partial charge in [-0.05, 0) is 18.9 Å². The van der Waals surface area contributed by atoms with Gasteiger partial charge < -0.3 is 15.4 Å². The Bertz CT molecular complexity index is 682. The van der Waals surface area contributed by atoms with Crippen molar-refractivity contribution in [1.82, 2.24) is 15.3 Å². The van der Waals surface area contributed by atoms with Crippen molar-refractivity contribution in [2.45, 2.75) is 38.3 Å². The molecule has 24 heavy (non-hydrogen) atoms. The molecule has 126 valence electrons. The van der Waals surface area contributed by atoms with Gasteiger partial charge in [0.25, 0.3) is 5.91 Å². The van der Waals surface area contributed by atoms with E-state index in [1.807, 2.05) is 24.3 Å². The summed E-state index contributed by atoms with van der Waals surface area (Å²) in [5, 5.41) is 6.17. The van der Waals surface area contributed by atoms with Gasteiger partial charge in [0, 0.05) is 30.5 Å². The highest BCUT2D eigenvalue weighted by molar-refractivity contribution is 5.93. The SMILES string of the molecule is COc1ccccc1CNc1ncc(C(=O)NC2CCCC2)cn1. The number of rotatable bonds is 6. The normalized spacial score (nSPS) is 14.4. The van der Waals surface area contributed by atoms with Crippen LogP contribution in [0.25, 0.3) is 0 Å². The molecule has 1 saturated carbocycles. The summed E-state index contributed by atoms with van der Waals surface area (Å²) in [4.78, 5) is 20.6. The van der Waals surface area contributed by atoms with Gasteiger partial charge >= 0.3 is 0 Å². The van der Waals surface area contributed by atoms with E-state index in [0.717, 1.165) is 24.2 Å². The summed E-state index contributed by atoms with van der Waals surface area (Å²) in [6.45, 7) is 0.553. The van der Waals surface area contributed by atoms with Crippen molar-refractivity contribution < 1.29 is 9.53 Å². The van der Waals surface area contributed by atoms with E-state index in [1.165, 1.54) is 12.8 Å². The summed E-state index contributed by atoms with van der Waals surface area (Å²) in [5.41, 5.74) is 1.51. The van der Waals surface area contributed by atoms with E-state index in [2.05, 4.69) is 20.6 Å². The monoisotopic (exact) mass is 326 g/mol. The molecule has 3 rings (SSSR count). The molecule has 1 aromatic heterocycles. The first kappa shape index (κ1) is 16.2. The number of aromatic nitrogens is 2. The molecule has 0 unspecified atom stereocenters. The fraction of sp³-hybridized carbons (Fsp3) is 0.389. The number of benzene rings is 1. The summed E-state index contributed by atoms with van der Waals surface area (Å²) in [5.74, 6) is 1.20. The molecule has 1 heterocycles. The largest absolute Gasteiger partial charge is 0.496 e. The van der Waals surface area contributed by atoms with Gasteiger partial charge in [-0.1, -0.05) is 31.0 Å². The average Bonchev–Trinajstić information content (AvgIpc) is 3.13. The fourth-order valence-corrected chi connectivity index (χ4v) is 2.90. The van der Waals surface area contributed by atoms with E-state index in [0.29, 0.717) is 24.1 Å². The lowest BCUT2D eigenvalue weighted by molar-refractivity contribution is 0.0937. The molecule has 2 aromatic rings. The van der Waals surface area contributed by atoms with Crippen LogP contribution in [-0.2, 0) is 6.54 Å². The second-order valence-electron chi connectivity index (χ2n) is 5.92. The second-order valence-corrected chi connectivity index (χ2v) is 5.92. The van der Waals surface area contributed by atoms with Crippen LogP contribution in [0.4, 0.5) is 5.95 Å². The number of hydrogen-bond donors (Lipinski definition) is 2. The van der Waals surface area contributed by atoms with Crippen molar-refractivity contribution in [3.05, 3.63) is 47.8 Å². The molecule has 1 aromatic carbocycles. The minimum absolute atomic E-state index is 0.0989. The van der Waals surface area contributed by atoms with Gasteiger partial charge in [0.1, 0.15) is 5.75 Å². The summed E-state index contributed by atoms with van der Waals surface area (Å²) in [6.07, 6.45) is 7.61. The Balaban J connectivity index is 1.57. The Hall–Kier alpha value is -2.63. The molecule has 0 saturated heterocycles. The van der Waals surface area contributed by atoms with Crippen LogP contribution in [0.3, 0.4) is 0 Å². The third-order valence-corrected chi connectivity index (χ3v) is 4.23. The number of hydrogen-bond acceptors (Lipinski definition) is 5. The van der Waals surface area contributed by atoms with Crippen LogP contribution in [0.2, 0.25) is 0 Å². The Morgan fingerprint density at radius 1 is 1.21 bits per heavy atom. The second kappa shape index (κ2) is 7.77. The Labute approximate surface area is 141 Å². The van der Waals surface area contributed by atoms with Gasteiger partial charge in [0.05, 0.1) is 12.7 Å². The first-order valence-electron chi connectivity index (χ1n) is 8.25. The number of nitrogens with one attached hydrogen (secondary N) is 2. The van der Waals surface area contributed by atoms with Gasteiger partial charge in [-0.3, -0.25) is 4.79 Å². The van der Waals surface area contributed by atoms with Crippen molar-refractivity contribution >= 4 is 11.9 Å². The highest BCUT2D eigenvalue weighted by Crippen LogP contribution is 2.19. The van der Waals surface area contributed by atoms with Crippen LogP contribution < -0.4 is 15.4 Å². The molecule has 2 N–H and O–H groups in total. The smallest absolute Gasteiger partial charge is 0.254 e. The number of ether oxygens (including phenoxy) is 1. The van der Waals surface area contributed by atoms with Gasteiger partial charge in [-0.2, -0.15) is 0 Å². The van der Waals surface area contributed by atoms with Crippen molar-refractivity contribution in [2.24, 2.45) is 0 Å². The predicted octanol–water partition coefficient (Wildman–Crippen LogP) is 2.77. The van der Waals surface area contributed by atoms with E-state index in [-0.39, 0.29) is 5.91 Å². The third-order valence-electron chi connectivity index (χ3n) is 4.23. The molecule has 6 heteroatoms. The zero-order valence-corrected chi connectivity index (χ0v) is 13.8. The highest BCUT2D eigenvalue weighted by atomic mass is 16.5. The van der Waals surface area contributed by atoms with Crippen LogP contribution in [-0.4, -0.2) is 29.0 Å². The van der Waals surface area contributed by atoms with Gasteiger partial charge in [-0.15, -0.1) is 0 Å². The molecule has 1 aliphatic rings. The summed E-state index contributed by atoms with van der Waals surface area (Å²) in [6, 6.07) is 8.07. The molecule has 6 nitrogen and oxygen atoms in total. The number of amides is 1. The molecule has 1 fully saturated rings. The molecule has 0 aliphatic heterocycles. The molecular weight excluding hydrogens is 304 g/mol. The third kappa shape index (κ3) is 4.01. The van der Waals surface area contributed by atoms with Crippen LogP contribution >= 0.6 is 0 Å². The molecule has 0 bridgehead atoms. The maximum absolute atomic E-state index is 12.1. The fourth-order valence-electron chi connectivity index (χ4n) is 2.90. The maximum atomic E-state index is 12.1. The topological polar surface area (TPSA) is 76.1 Å². The zero-order valence-electron chi connectivity index (χ0n) is 13.8. The van der Waals surface area contributed by atoms with Crippen LogP contribution in [0, 0.1) is 0 Å². The molecular formula is C18H22N4O2. The Kier molecular flexibility index (Phi) is 5.25. The average molecular weight is 326 g/mol. The van der Waals surface area contributed by atoms with Gasteiger partial charge in [0.15, 0.2) is 0 Å². The van der Waals surface area contributed by atoms with E-state index in [1.54, 1.807) is 19.5 Å². The number of nitrogens with zero attached hydrogens (tertiary/aromatic N) is 2. The van der Waals surface area contributed by atoms with Gasteiger partial charge in [-0.25, -0.2) is 9.97 Å². The maximum Gasteiger partial charge on any atom is 0.254 e. The van der Waals surface area contributed by atoms with Crippen molar-refractivity contribution in [3.63, 3.8) is 0 Å². The van der Waals surface area contributed by atoms with Crippen molar-refractivity contribution in [1.29, 1.82) is 0 Å². The van der Waals surface area contributed by atoms with E-state index < -0.39 is 0 Å². The number of para-hydroxylation sites is 1. The molecule has 1 amide bonds. The lowest BCUT2D eigenvalue weighted by atomic mass is 10.2. The van der Waals surface area contributed by atoms with Crippen LogP contribution in [0.5, 0.6) is 5.75 Å². The minimum atomic E-state index is -0.0989. The molecule has 0 spiro atoms. The first-order chi connectivity index (χ1) is 11.8. The number of carbonyl (C=O) groups is 1. The zero-order chi connectivity index (χ0) is 16.8. The highest BCUT2D eigenvalue weighted by Gasteiger charge is 2.18. The summed E-state index contributed by atoms with van der Waals surface area (Å²) < 4.78 is 5.31. The molecule has 0 atom stereocenters. The molecule has 0 radical (unpaired) electrons. The number of methoxy groups -OCH3 is 1. The number of carbonyl (C=O) groups excluding carboxylic acids is 1. The quantitative estimate of drug-likeness (QED) is 0.853. The first-order valence-corrected chi connectivity index (χ1v) is 8.25. The molecule has 1 aliphatic carbocycles. The van der Waals surface area contributed by atoms with Crippen LogP contribution in [0.1, 0.15) is 41.6 Å².